The van der Waals surface area contributed by atoms with Gasteiger partial charge in [-0.15, -0.1) is 0 Å². The van der Waals surface area contributed by atoms with Crippen LogP contribution in [-0.4, -0.2) is 30.6 Å². The van der Waals surface area contributed by atoms with Gasteiger partial charge in [-0.25, -0.2) is 4.98 Å². The van der Waals surface area contributed by atoms with Gasteiger partial charge in [-0.3, -0.25) is 4.79 Å². The second-order valence-electron chi connectivity index (χ2n) is 3.20. The maximum absolute atomic E-state index is 11.6. The van der Waals surface area contributed by atoms with Gasteiger partial charge in [0.15, 0.2) is 0 Å². The van der Waals surface area contributed by atoms with Gasteiger partial charge in [-0.1, -0.05) is 11.6 Å². The van der Waals surface area contributed by atoms with E-state index < -0.39 is 0 Å². The molecule has 1 N–H and O–H groups in total. The van der Waals surface area contributed by atoms with Crippen LogP contribution in [0.3, 0.4) is 0 Å². The molecule has 0 aliphatic carbocycles. The number of hydrogen-bond donors (Lipinski definition) is 1. The minimum atomic E-state index is -0.177. The molecule has 0 radical (unpaired) electrons. The molecule has 1 unspecified atom stereocenters. The van der Waals surface area contributed by atoms with E-state index in [-0.39, 0.29) is 11.9 Å². The van der Waals surface area contributed by atoms with Crippen LogP contribution in [0.1, 0.15) is 17.3 Å². The van der Waals surface area contributed by atoms with Crippen molar-refractivity contribution < 1.29 is 9.53 Å². The molecular weight excluding hydrogens is 216 g/mol. The zero-order valence-corrected chi connectivity index (χ0v) is 9.41. The fraction of sp³-hybridized carbons (Fsp3) is 0.400. The molecule has 0 fully saturated rings. The molecule has 0 saturated heterocycles. The Labute approximate surface area is 93.6 Å². The molecule has 0 aliphatic rings. The normalized spacial score (nSPS) is 12.2. The van der Waals surface area contributed by atoms with E-state index in [4.69, 9.17) is 16.3 Å². The fourth-order valence-corrected chi connectivity index (χ4v) is 1.22. The monoisotopic (exact) mass is 228 g/mol. The summed E-state index contributed by atoms with van der Waals surface area (Å²) in [6.07, 6.45) is 1.44. The molecular formula is C10H13ClN2O2. The summed E-state index contributed by atoms with van der Waals surface area (Å²) >= 11 is 5.61. The first-order valence-electron chi connectivity index (χ1n) is 4.55. The van der Waals surface area contributed by atoms with E-state index in [0.29, 0.717) is 17.3 Å². The maximum Gasteiger partial charge on any atom is 0.253 e. The lowest BCUT2D eigenvalue weighted by Gasteiger charge is -2.12. The van der Waals surface area contributed by atoms with Gasteiger partial charge in [0.25, 0.3) is 5.91 Å². The maximum atomic E-state index is 11.6. The highest BCUT2D eigenvalue weighted by Crippen LogP contribution is 2.05. The van der Waals surface area contributed by atoms with E-state index in [1.165, 1.54) is 6.20 Å². The largest absolute Gasteiger partial charge is 0.383 e. The lowest BCUT2D eigenvalue weighted by Crippen LogP contribution is -2.35. The van der Waals surface area contributed by atoms with E-state index >= 15 is 0 Å². The summed E-state index contributed by atoms with van der Waals surface area (Å²) in [5, 5.41) is 3.14. The predicted octanol–water partition coefficient (Wildman–Crippen LogP) is 1.50. The highest BCUT2D eigenvalue weighted by molar-refractivity contribution is 6.29. The van der Waals surface area contributed by atoms with Crippen LogP contribution in [0.5, 0.6) is 0 Å². The lowest BCUT2D eigenvalue weighted by molar-refractivity contribution is 0.0905. The molecule has 0 spiro atoms. The third kappa shape index (κ3) is 3.85. The number of aromatic nitrogens is 1. The SMILES string of the molecule is COCC(C)NC(=O)c1ccc(Cl)nc1. The van der Waals surface area contributed by atoms with Crippen LogP contribution >= 0.6 is 11.6 Å². The van der Waals surface area contributed by atoms with Crippen LogP contribution in [0.4, 0.5) is 0 Å². The number of nitrogens with one attached hydrogen (secondary N) is 1. The summed E-state index contributed by atoms with van der Waals surface area (Å²) in [6, 6.07) is 3.18. The number of rotatable bonds is 4. The summed E-state index contributed by atoms with van der Waals surface area (Å²) in [4.78, 5) is 15.4. The number of ether oxygens (including phenoxy) is 1. The van der Waals surface area contributed by atoms with Crippen molar-refractivity contribution in [3.05, 3.63) is 29.0 Å². The topological polar surface area (TPSA) is 51.2 Å². The quantitative estimate of drug-likeness (QED) is 0.795. The van der Waals surface area contributed by atoms with Gasteiger partial charge in [0.05, 0.1) is 12.2 Å². The third-order valence-corrected chi connectivity index (χ3v) is 2.01. The molecule has 1 heterocycles. The molecule has 1 aromatic rings. The molecule has 0 saturated carbocycles. The zero-order chi connectivity index (χ0) is 11.3. The summed E-state index contributed by atoms with van der Waals surface area (Å²) in [6.45, 7) is 2.34. The van der Waals surface area contributed by atoms with E-state index in [1.54, 1.807) is 19.2 Å². The average molecular weight is 229 g/mol. The van der Waals surface area contributed by atoms with Crippen molar-refractivity contribution in [1.82, 2.24) is 10.3 Å². The van der Waals surface area contributed by atoms with Crippen LogP contribution in [-0.2, 0) is 4.74 Å². The Bertz CT molecular complexity index is 327. The van der Waals surface area contributed by atoms with Gasteiger partial charge in [0.2, 0.25) is 0 Å². The number of methoxy groups -OCH3 is 1. The third-order valence-electron chi connectivity index (χ3n) is 1.78. The summed E-state index contributed by atoms with van der Waals surface area (Å²) in [7, 11) is 1.59. The van der Waals surface area contributed by atoms with Crippen molar-refractivity contribution >= 4 is 17.5 Å². The number of carbonyl (C=O) groups excluding carboxylic acids is 1. The van der Waals surface area contributed by atoms with E-state index in [0.717, 1.165) is 0 Å². The Morgan fingerprint density at radius 1 is 1.67 bits per heavy atom. The molecule has 1 aromatic heterocycles. The van der Waals surface area contributed by atoms with Crippen LogP contribution in [0, 0.1) is 0 Å². The van der Waals surface area contributed by atoms with E-state index in [9.17, 15) is 4.79 Å². The molecule has 1 amide bonds. The van der Waals surface area contributed by atoms with Gasteiger partial charge >= 0.3 is 0 Å². The van der Waals surface area contributed by atoms with Gasteiger partial charge in [0.1, 0.15) is 5.15 Å². The fourth-order valence-electron chi connectivity index (χ4n) is 1.11. The number of amides is 1. The van der Waals surface area contributed by atoms with Gasteiger partial charge in [-0.2, -0.15) is 0 Å². The highest BCUT2D eigenvalue weighted by atomic mass is 35.5. The van der Waals surface area contributed by atoms with Crippen molar-refractivity contribution in [3.63, 3.8) is 0 Å². The Balaban J connectivity index is 2.57. The molecule has 1 rings (SSSR count). The van der Waals surface area contributed by atoms with Crippen LogP contribution in [0.2, 0.25) is 5.15 Å². The molecule has 15 heavy (non-hydrogen) atoms. The van der Waals surface area contributed by atoms with E-state index in [2.05, 4.69) is 10.3 Å². The summed E-state index contributed by atoms with van der Waals surface area (Å²) in [5.74, 6) is -0.177. The Morgan fingerprint density at radius 2 is 2.40 bits per heavy atom. The second kappa shape index (κ2) is 5.68. The molecule has 0 aromatic carbocycles. The lowest BCUT2D eigenvalue weighted by atomic mass is 10.2. The van der Waals surface area contributed by atoms with Crippen LogP contribution in [0.15, 0.2) is 18.3 Å². The molecule has 1 atom stereocenters. The van der Waals surface area contributed by atoms with Crippen molar-refractivity contribution in [1.29, 1.82) is 0 Å². The molecule has 82 valence electrons. The Kier molecular flexibility index (Phi) is 4.52. The standard InChI is InChI=1S/C10H13ClN2O2/c1-7(6-15-2)13-10(14)8-3-4-9(11)12-5-8/h3-5,7H,6H2,1-2H3,(H,13,14). The van der Waals surface area contributed by atoms with Crippen molar-refractivity contribution in [2.75, 3.05) is 13.7 Å². The Morgan fingerprint density at radius 3 is 2.93 bits per heavy atom. The first-order valence-corrected chi connectivity index (χ1v) is 4.92. The minimum absolute atomic E-state index is 0.0295. The molecule has 0 aliphatic heterocycles. The summed E-state index contributed by atoms with van der Waals surface area (Å²) in [5.41, 5.74) is 0.488. The van der Waals surface area contributed by atoms with Crippen molar-refractivity contribution in [2.45, 2.75) is 13.0 Å². The molecule has 0 bridgehead atoms. The van der Waals surface area contributed by atoms with Gasteiger partial charge in [-0.05, 0) is 19.1 Å². The smallest absolute Gasteiger partial charge is 0.253 e. The van der Waals surface area contributed by atoms with Crippen molar-refractivity contribution in [2.24, 2.45) is 0 Å². The Hall–Kier alpha value is -1.13. The highest BCUT2D eigenvalue weighted by Gasteiger charge is 2.09. The van der Waals surface area contributed by atoms with Crippen molar-refractivity contribution in [3.8, 4) is 0 Å². The second-order valence-corrected chi connectivity index (χ2v) is 3.59. The summed E-state index contributed by atoms with van der Waals surface area (Å²) < 4.78 is 4.91. The first kappa shape index (κ1) is 11.9. The number of carbonyl (C=O) groups is 1. The molecule has 5 heteroatoms. The minimum Gasteiger partial charge on any atom is -0.383 e. The number of pyridine rings is 1. The van der Waals surface area contributed by atoms with Gasteiger partial charge < -0.3 is 10.1 Å². The zero-order valence-electron chi connectivity index (χ0n) is 8.66. The first-order chi connectivity index (χ1) is 7.13. The van der Waals surface area contributed by atoms with Gasteiger partial charge in [0, 0.05) is 19.3 Å². The van der Waals surface area contributed by atoms with Crippen LogP contribution < -0.4 is 5.32 Å². The number of hydrogen-bond acceptors (Lipinski definition) is 3. The van der Waals surface area contributed by atoms with E-state index in [1.807, 2.05) is 6.92 Å². The number of halogens is 1. The average Bonchev–Trinajstić information content (AvgIpc) is 2.18. The number of nitrogens with zero attached hydrogens (tertiary/aromatic N) is 1. The predicted molar refractivity (Wildman–Crippen MR) is 58.1 cm³/mol. The molecule has 4 nitrogen and oxygen atoms in total. The van der Waals surface area contributed by atoms with Crippen LogP contribution in [0.25, 0.3) is 0 Å².